The Morgan fingerprint density at radius 1 is 0.933 bits per heavy atom. The van der Waals surface area contributed by atoms with Gasteiger partial charge in [0.05, 0.1) is 52.0 Å². The molecule has 5 aromatic heterocycles. The van der Waals surface area contributed by atoms with Crippen LogP contribution < -0.4 is 5.32 Å². The van der Waals surface area contributed by atoms with Crippen LogP contribution in [0.2, 0.25) is 0 Å². The number of fused-ring (bicyclic) bond motifs is 2. The van der Waals surface area contributed by atoms with E-state index < -0.39 is 26.9 Å². The highest BCUT2D eigenvalue weighted by molar-refractivity contribution is 7.90. The zero-order chi connectivity index (χ0) is 32.1. The third-order valence-corrected chi connectivity index (χ3v) is 8.09. The molecule has 45 heavy (non-hydrogen) atoms. The maximum Gasteiger partial charge on any atom is 0.229 e. The van der Waals surface area contributed by atoms with E-state index in [0.717, 1.165) is 6.26 Å². The monoisotopic (exact) mass is 630 g/mol. The Kier molecular flexibility index (Phi) is 7.39. The number of imidazole rings is 1. The molecule has 3 N–H and O–H groups in total. The molecule has 6 aromatic rings. The van der Waals surface area contributed by atoms with E-state index in [9.17, 15) is 17.6 Å². The Morgan fingerprint density at radius 3 is 2.47 bits per heavy atom. The largest absolute Gasteiger partial charge is 0.335 e. The molecule has 0 aliphatic carbocycles. The van der Waals surface area contributed by atoms with E-state index in [4.69, 9.17) is 4.98 Å². The highest BCUT2D eigenvalue weighted by Crippen LogP contribution is 2.35. The van der Waals surface area contributed by atoms with Crippen molar-refractivity contribution >= 4 is 43.4 Å². The summed E-state index contributed by atoms with van der Waals surface area (Å²) in [4.78, 5) is 33.0. The van der Waals surface area contributed by atoms with Crippen molar-refractivity contribution in [2.45, 2.75) is 27.2 Å². The number of nitrogens with zero attached hydrogens (tertiary/aromatic N) is 5. The van der Waals surface area contributed by atoms with Crippen LogP contribution >= 0.6 is 0 Å². The minimum absolute atomic E-state index is 0.00404. The van der Waals surface area contributed by atoms with E-state index in [1.165, 1.54) is 36.9 Å². The van der Waals surface area contributed by atoms with Crippen molar-refractivity contribution < 1.29 is 22.0 Å². The normalized spacial score (nSPS) is 12.2. The summed E-state index contributed by atoms with van der Waals surface area (Å²) in [6, 6.07) is 5.91. The average molecular weight is 631 g/mol. The van der Waals surface area contributed by atoms with Crippen LogP contribution in [0.3, 0.4) is 0 Å². The molecular formula is C31H28F2N8O3S. The second kappa shape index (κ2) is 11.1. The first-order chi connectivity index (χ1) is 21.3. The fraction of sp³-hybridized carbons (Fsp3) is 0.226. The number of rotatable bonds is 7. The van der Waals surface area contributed by atoms with Gasteiger partial charge in [0.15, 0.2) is 11.6 Å². The first-order valence-electron chi connectivity index (χ1n) is 13.9. The van der Waals surface area contributed by atoms with Gasteiger partial charge in [-0.05, 0) is 35.7 Å². The standard InChI is InChI=1S/C31H28F2N8O3S/c1-31(2,3)30(42)37-20-10-18(11-34-12-20)26-25(33)24-22(15-36-26)40-41-28(24)29-38-23-14-35-13-21(27(23)39-29)17-7-16(8-19(32)9-17)5-6-45(4,43)44/h7-15H,5-6H2,1-4H3,(H,37,42)(H,38,39)(H,40,41). The Balaban J connectivity index is 1.40. The summed E-state index contributed by atoms with van der Waals surface area (Å²) in [5.41, 5.74) is 3.05. The van der Waals surface area contributed by atoms with Gasteiger partial charge in [-0.2, -0.15) is 5.10 Å². The predicted octanol–water partition coefficient (Wildman–Crippen LogP) is 5.48. The molecule has 0 saturated heterocycles. The minimum Gasteiger partial charge on any atom is -0.335 e. The molecule has 0 saturated carbocycles. The van der Waals surface area contributed by atoms with Crippen LogP contribution in [0.5, 0.6) is 0 Å². The number of aromatic nitrogens is 7. The molecule has 0 aliphatic heterocycles. The molecule has 0 bridgehead atoms. The molecule has 0 radical (unpaired) electrons. The SMILES string of the molecule is CC(C)(C)C(=O)Nc1cncc(-c2ncc3[nH]nc(-c4nc5c(-c6cc(F)cc(CCS(C)(=O)=O)c6)cncc5[nH]4)c3c2F)c1. The van der Waals surface area contributed by atoms with Gasteiger partial charge in [0, 0.05) is 35.2 Å². The topological polar surface area (TPSA) is 159 Å². The predicted molar refractivity (Wildman–Crippen MR) is 167 cm³/mol. The third-order valence-electron chi connectivity index (χ3n) is 7.14. The number of halogens is 2. The number of aryl methyl sites for hydroxylation is 1. The van der Waals surface area contributed by atoms with E-state index in [1.807, 2.05) is 0 Å². The van der Waals surface area contributed by atoms with Crippen LogP contribution in [-0.4, -0.2) is 61.5 Å². The highest BCUT2D eigenvalue weighted by Gasteiger charge is 2.24. The molecular weight excluding hydrogens is 602 g/mol. The lowest BCUT2D eigenvalue weighted by molar-refractivity contribution is -0.123. The number of benzene rings is 1. The average Bonchev–Trinajstić information content (AvgIpc) is 3.60. The number of hydrogen-bond donors (Lipinski definition) is 3. The Morgan fingerprint density at radius 2 is 1.71 bits per heavy atom. The number of anilines is 1. The molecule has 0 fully saturated rings. The number of carbonyl (C=O) groups is 1. The highest BCUT2D eigenvalue weighted by atomic mass is 32.2. The van der Waals surface area contributed by atoms with Crippen LogP contribution in [0.15, 0.2) is 55.2 Å². The van der Waals surface area contributed by atoms with Crippen LogP contribution in [0.1, 0.15) is 26.3 Å². The van der Waals surface area contributed by atoms with Crippen molar-refractivity contribution in [2.75, 3.05) is 17.3 Å². The lowest BCUT2D eigenvalue weighted by atomic mass is 9.95. The second-order valence-electron chi connectivity index (χ2n) is 11.8. The summed E-state index contributed by atoms with van der Waals surface area (Å²) < 4.78 is 54.1. The lowest BCUT2D eigenvalue weighted by Crippen LogP contribution is -2.27. The number of nitrogens with one attached hydrogen (secondary N) is 3. The summed E-state index contributed by atoms with van der Waals surface area (Å²) in [5.74, 6) is -1.30. The Hall–Kier alpha value is -5.11. The van der Waals surface area contributed by atoms with Crippen molar-refractivity contribution in [3.8, 4) is 33.9 Å². The van der Waals surface area contributed by atoms with Crippen molar-refractivity contribution in [2.24, 2.45) is 5.41 Å². The van der Waals surface area contributed by atoms with Crippen molar-refractivity contribution in [1.29, 1.82) is 0 Å². The van der Waals surface area contributed by atoms with Gasteiger partial charge in [0.1, 0.15) is 27.0 Å². The second-order valence-corrected chi connectivity index (χ2v) is 14.1. The maximum absolute atomic E-state index is 16.2. The molecule has 0 unspecified atom stereocenters. The number of sulfone groups is 1. The molecule has 0 atom stereocenters. The van der Waals surface area contributed by atoms with Gasteiger partial charge in [-0.3, -0.25) is 24.8 Å². The van der Waals surface area contributed by atoms with Gasteiger partial charge in [-0.15, -0.1) is 0 Å². The minimum atomic E-state index is -3.24. The van der Waals surface area contributed by atoms with Crippen LogP contribution in [0.25, 0.3) is 55.8 Å². The fourth-order valence-corrected chi connectivity index (χ4v) is 5.42. The lowest BCUT2D eigenvalue weighted by Gasteiger charge is -2.17. The van der Waals surface area contributed by atoms with E-state index in [1.54, 1.807) is 39.1 Å². The van der Waals surface area contributed by atoms with Gasteiger partial charge in [0.25, 0.3) is 0 Å². The Labute approximate surface area is 256 Å². The molecule has 14 heteroatoms. The van der Waals surface area contributed by atoms with Crippen LogP contribution in [0, 0.1) is 17.0 Å². The number of carbonyl (C=O) groups excluding carboxylic acids is 1. The summed E-state index contributed by atoms with van der Waals surface area (Å²) >= 11 is 0. The molecule has 5 heterocycles. The van der Waals surface area contributed by atoms with Crippen LogP contribution in [-0.2, 0) is 21.1 Å². The van der Waals surface area contributed by atoms with Gasteiger partial charge < -0.3 is 10.3 Å². The molecule has 6 rings (SSSR count). The first kappa shape index (κ1) is 29.9. The van der Waals surface area contributed by atoms with Gasteiger partial charge in [-0.25, -0.2) is 22.2 Å². The summed E-state index contributed by atoms with van der Waals surface area (Å²) in [6.45, 7) is 5.34. The van der Waals surface area contributed by atoms with Crippen molar-refractivity contribution in [1.82, 2.24) is 35.1 Å². The molecule has 11 nitrogen and oxygen atoms in total. The fourth-order valence-electron chi connectivity index (χ4n) is 4.81. The number of aromatic amines is 2. The van der Waals surface area contributed by atoms with Crippen molar-refractivity contribution in [3.63, 3.8) is 0 Å². The van der Waals surface area contributed by atoms with Gasteiger partial charge >= 0.3 is 0 Å². The quantitative estimate of drug-likeness (QED) is 0.209. The molecule has 230 valence electrons. The summed E-state index contributed by atoms with van der Waals surface area (Å²) in [7, 11) is -3.24. The van der Waals surface area contributed by atoms with Gasteiger partial charge in [0.2, 0.25) is 5.91 Å². The van der Waals surface area contributed by atoms with E-state index in [2.05, 4.69) is 35.5 Å². The van der Waals surface area contributed by atoms with Gasteiger partial charge in [-0.1, -0.05) is 26.8 Å². The van der Waals surface area contributed by atoms with Crippen molar-refractivity contribution in [3.05, 3.63) is 72.4 Å². The first-order valence-corrected chi connectivity index (χ1v) is 15.9. The smallest absolute Gasteiger partial charge is 0.229 e. The number of pyridine rings is 3. The molecule has 1 aromatic carbocycles. The van der Waals surface area contributed by atoms with Crippen LogP contribution in [0.4, 0.5) is 14.5 Å². The number of amides is 1. The zero-order valence-electron chi connectivity index (χ0n) is 24.7. The summed E-state index contributed by atoms with van der Waals surface area (Å²) in [5, 5.41) is 10.0. The number of H-pyrrole nitrogens is 2. The summed E-state index contributed by atoms with van der Waals surface area (Å²) in [6.07, 6.45) is 8.73. The molecule has 1 amide bonds. The molecule has 0 spiro atoms. The number of hydrogen-bond acceptors (Lipinski definition) is 8. The molecule has 0 aliphatic rings. The maximum atomic E-state index is 16.2. The van der Waals surface area contributed by atoms with E-state index >= 15 is 4.39 Å². The third kappa shape index (κ3) is 6.13. The Bertz CT molecular complexity index is 2220. The van der Waals surface area contributed by atoms with E-state index in [-0.39, 0.29) is 40.7 Å². The van der Waals surface area contributed by atoms with E-state index in [0.29, 0.717) is 44.5 Å². The zero-order valence-corrected chi connectivity index (χ0v) is 25.6.